The molecule has 0 unspecified atom stereocenters. The maximum absolute atomic E-state index is 11.4. The van der Waals surface area contributed by atoms with Gasteiger partial charge in [-0.25, -0.2) is 9.78 Å². The van der Waals surface area contributed by atoms with E-state index in [0.717, 1.165) is 13.0 Å². The summed E-state index contributed by atoms with van der Waals surface area (Å²) in [5.41, 5.74) is 0.225. The smallest absolute Gasteiger partial charge is 0.358 e. The van der Waals surface area contributed by atoms with Gasteiger partial charge in [-0.15, -0.1) is 11.3 Å². The Kier molecular flexibility index (Phi) is 4.46. The topological polar surface area (TPSA) is 55.3 Å². The van der Waals surface area contributed by atoms with Gasteiger partial charge in [-0.1, -0.05) is 6.07 Å². The molecule has 0 saturated carbocycles. The third kappa shape index (κ3) is 3.51. The largest absolute Gasteiger partial charge is 0.464 e. The van der Waals surface area contributed by atoms with Crippen molar-refractivity contribution in [3.8, 4) is 0 Å². The number of nitrogens with zero attached hydrogens (tertiary/aromatic N) is 3. The van der Waals surface area contributed by atoms with Crippen LogP contribution in [0.15, 0.2) is 29.9 Å². The average Bonchev–Trinajstić information content (AvgIpc) is 2.97. The van der Waals surface area contributed by atoms with E-state index in [1.807, 2.05) is 18.0 Å². The summed E-state index contributed by atoms with van der Waals surface area (Å²) in [6.07, 6.45) is 3.99. The Labute approximate surface area is 115 Å². The minimum Gasteiger partial charge on any atom is -0.464 e. The lowest BCUT2D eigenvalue weighted by atomic mass is 10.3. The van der Waals surface area contributed by atoms with Crippen LogP contribution in [-0.4, -0.2) is 36.6 Å². The summed E-state index contributed by atoms with van der Waals surface area (Å²) in [4.78, 5) is 22.9. The number of aromatic nitrogens is 2. The molecule has 2 aromatic heterocycles. The van der Waals surface area contributed by atoms with Crippen molar-refractivity contribution < 1.29 is 9.53 Å². The maximum Gasteiger partial charge on any atom is 0.358 e. The van der Waals surface area contributed by atoms with E-state index < -0.39 is 5.97 Å². The molecule has 0 aliphatic heterocycles. The molecule has 0 atom stereocenters. The van der Waals surface area contributed by atoms with Crippen LogP contribution in [0.5, 0.6) is 0 Å². The molecular weight excluding hydrogens is 262 g/mol. The quantitative estimate of drug-likeness (QED) is 0.782. The van der Waals surface area contributed by atoms with Gasteiger partial charge in [0.25, 0.3) is 0 Å². The Balaban J connectivity index is 2.02. The van der Waals surface area contributed by atoms with Crippen molar-refractivity contribution in [3.63, 3.8) is 0 Å². The van der Waals surface area contributed by atoms with E-state index in [2.05, 4.69) is 26.2 Å². The summed E-state index contributed by atoms with van der Waals surface area (Å²) in [6, 6.07) is 4.15. The lowest BCUT2D eigenvalue weighted by molar-refractivity contribution is 0.0593. The number of rotatable bonds is 5. The molecule has 2 rings (SSSR count). The number of carbonyl (C=O) groups excluding carboxylic acids is 1. The fourth-order valence-corrected chi connectivity index (χ4v) is 2.29. The van der Waals surface area contributed by atoms with E-state index >= 15 is 0 Å². The molecule has 0 aromatic carbocycles. The molecule has 2 heterocycles. The molecule has 2 aromatic rings. The number of anilines is 1. The normalized spacial score (nSPS) is 10.2. The lowest BCUT2D eigenvalue weighted by Gasteiger charge is -2.17. The number of esters is 1. The Morgan fingerprint density at radius 3 is 3.00 bits per heavy atom. The van der Waals surface area contributed by atoms with Crippen LogP contribution in [0.4, 0.5) is 5.82 Å². The van der Waals surface area contributed by atoms with Crippen LogP contribution in [0.25, 0.3) is 0 Å². The van der Waals surface area contributed by atoms with E-state index in [-0.39, 0.29) is 5.69 Å². The third-order valence-corrected chi connectivity index (χ3v) is 3.62. The van der Waals surface area contributed by atoms with Crippen molar-refractivity contribution in [2.45, 2.75) is 6.42 Å². The number of ether oxygens (including phenoxy) is 1. The average molecular weight is 277 g/mol. The number of carbonyl (C=O) groups is 1. The second-order valence-corrected chi connectivity index (χ2v) is 5.04. The predicted molar refractivity (Wildman–Crippen MR) is 74.7 cm³/mol. The fraction of sp³-hybridized carbons (Fsp3) is 0.308. The standard InChI is InChI=1S/C13H15N3O2S/c1-16(6-5-10-4-3-7-19-10)12-9-14-8-11(15-12)13(17)18-2/h3-4,7-9H,5-6H2,1-2H3. The van der Waals surface area contributed by atoms with Crippen molar-refractivity contribution in [2.24, 2.45) is 0 Å². The van der Waals surface area contributed by atoms with E-state index in [1.165, 1.54) is 18.2 Å². The van der Waals surface area contributed by atoms with Crippen LogP contribution in [-0.2, 0) is 11.2 Å². The van der Waals surface area contributed by atoms with Crippen LogP contribution < -0.4 is 4.90 Å². The molecule has 0 saturated heterocycles. The summed E-state index contributed by atoms with van der Waals surface area (Å²) < 4.78 is 4.63. The highest BCUT2D eigenvalue weighted by Crippen LogP contribution is 2.12. The van der Waals surface area contributed by atoms with E-state index in [1.54, 1.807) is 17.5 Å². The van der Waals surface area contributed by atoms with Crippen LogP contribution >= 0.6 is 11.3 Å². The number of likely N-dealkylation sites (N-methyl/N-ethyl adjacent to an activating group) is 1. The zero-order valence-electron chi connectivity index (χ0n) is 10.9. The van der Waals surface area contributed by atoms with Crippen molar-refractivity contribution in [1.29, 1.82) is 0 Å². The first-order valence-electron chi connectivity index (χ1n) is 5.84. The molecule has 19 heavy (non-hydrogen) atoms. The first-order valence-corrected chi connectivity index (χ1v) is 6.72. The van der Waals surface area contributed by atoms with Gasteiger partial charge >= 0.3 is 5.97 Å². The predicted octanol–water partition coefficient (Wildman–Crippen LogP) is 2.00. The minimum atomic E-state index is -0.471. The van der Waals surface area contributed by atoms with Crippen LogP contribution in [0.2, 0.25) is 0 Å². The fourth-order valence-electron chi connectivity index (χ4n) is 1.59. The number of methoxy groups -OCH3 is 1. The molecular formula is C13H15N3O2S. The second kappa shape index (κ2) is 6.29. The van der Waals surface area contributed by atoms with Gasteiger partial charge in [-0.2, -0.15) is 0 Å². The van der Waals surface area contributed by atoms with Crippen molar-refractivity contribution in [3.05, 3.63) is 40.5 Å². The lowest BCUT2D eigenvalue weighted by Crippen LogP contribution is -2.22. The molecule has 0 radical (unpaired) electrons. The van der Waals surface area contributed by atoms with Crippen LogP contribution in [0.3, 0.4) is 0 Å². The molecule has 0 spiro atoms. The highest BCUT2D eigenvalue weighted by molar-refractivity contribution is 7.09. The Morgan fingerprint density at radius 1 is 1.47 bits per heavy atom. The first-order chi connectivity index (χ1) is 9.20. The van der Waals surface area contributed by atoms with Crippen molar-refractivity contribution >= 4 is 23.1 Å². The summed E-state index contributed by atoms with van der Waals surface area (Å²) >= 11 is 1.73. The molecule has 100 valence electrons. The molecule has 5 nitrogen and oxygen atoms in total. The van der Waals surface area contributed by atoms with E-state index in [0.29, 0.717) is 5.82 Å². The third-order valence-electron chi connectivity index (χ3n) is 2.68. The van der Waals surface area contributed by atoms with Gasteiger partial charge in [-0.05, 0) is 17.9 Å². The van der Waals surface area contributed by atoms with Crippen LogP contribution in [0.1, 0.15) is 15.4 Å². The highest BCUT2D eigenvalue weighted by atomic mass is 32.1. The number of hydrogen-bond acceptors (Lipinski definition) is 6. The maximum atomic E-state index is 11.4. The SMILES string of the molecule is COC(=O)c1cncc(N(C)CCc2cccs2)n1. The van der Waals surface area contributed by atoms with Gasteiger partial charge in [-0.3, -0.25) is 4.98 Å². The van der Waals surface area contributed by atoms with Gasteiger partial charge in [0.05, 0.1) is 19.5 Å². The summed E-state index contributed by atoms with van der Waals surface area (Å²) in [6.45, 7) is 0.819. The minimum absolute atomic E-state index is 0.225. The zero-order valence-corrected chi connectivity index (χ0v) is 11.7. The van der Waals surface area contributed by atoms with Gasteiger partial charge in [0.15, 0.2) is 5.69 Å². The van der Waals surface area contributed by atoms with Gasteiger partial charge in [0.2, 0.25) is 0 Å². The van der Waals surface area contributed by atoms with Gasteiger partial charge in [0.1, 0.15) is 5.82 Å². The molecule has 6 heteroatoms. The number of hydrogen-bond donors (Lipinski definition) is 0. The summed E-state index contributed by atoms with van der Waals surface area (Å²) in [5, 5.41) is 2.06. The molecule has 0 aliphatic rings. The van der Waals surface area contributed by atoms with Crippen molar-refractivity contribution in [2.75, 3.05) is 25.6 Å². The van der Waals surface area contributed by atoms with Gasteiger partial charge in [0, 0.05) is 18.5 Å². The summed E-state index contributed by atoms with van der Waals surface area (Å²) in [5.74, 6) is 0.195. The van der Waals surface area contributed by atoms with E-state index in [4.69, 9.17) is 0 Å². The Bertz CT molecular complexity index is 543. The van der Waals surface area contributed by atoms with Crippen molar-refractivity contribution in [1.82, 2.24) is 9.97 Å². The molecule has 0 bridgehead atoms. The monoisotopic (exact) mass is 277 g/mol. The second-order valence-electron chi connectivity index (χ2n) is 4.01. The molecule has 0 N–H and O–H groups in total. The van der Waals surface area contributed by atoms with E-state index in [9.17, 15) is 4.79 Å². The molecule has 0 fully saturated rings. The molecule has 0 aliphatic carbocycles. The van der Waals surface area contributed by atoms with Gasteiger partial charge < -0.3 is 9.64 Å². The molecule has 0 amide bonds. The Hall–Kier alpha value is -1.95. The van der Waals surface area contributed by atoms with Crippen LogP contribution in [0, 0.1) is 0 Å². The summed E-state index contributed by atoms with van der Waals surface area (Å²) in [7, 11) is 3.26. The highest BCUT2D eigenvalue weighted by Gasteiger charge is 2.10. The number of thiophene rings is 1. The zero-order chi connectivity index (χ0) is 13.7. The first kappa shape index (κ1) is 13.5. The Morgan fingerprint density at radius 2 is 2.32 bits per heavy atom.